The zero-order chi connectivity index (χ0) is 11.5. The maximum atomic E-state index is 8.97. The van der Waals surface area contributed by atoms with Gasteiger partial charge in [-0.25, -0.2) is 5.14 Å². The lowest BCUT2D eigenvalue weighted by Gasteiger charge is -1.85. The third kappa shape index (κ3) is 4.25. The number of nitrogens with zero attached hydrogens (tertiary/aromatic N) is 3. The van der Waals surface area contributed by atoms with E-state index in [-0.39, 0.29) is 0 Å². The molecule has 1 aromatic carbocycles. The predicted octanol–water partition coefficient (Wildman–Crippen LogP) is -0.128. The lowest BCUT2D eigenvalue weighted by Crippen LogP contribution is -2.08. The Morgan fingerprint density at radius 1 is 1.40 bits per heavy atom. The first-order valence-electron chi connectivity index (χ1n) is 3.63. The van der Waals surface area contributed by atoms with Crippen LogP contribution in [0, 0.1) is 0 Å². The predicted molar refractivity (Wildman–Crippen MR) is 57.6 cm³/mol. The van der Waals surface area contributed by atoms with E-state index in [4.69, 9.17) is 13.0 Å². The molecule has 0 saturated heterocycles. The smallest absolute Gasteiger partial charge is 0.274 e. The van der Waals surface area contributed by atoms with Crippen LogP contribution in [0.4, 0.5) is 0 Å². The van der Waals surface area contributed by atoms with Gasteiger partial charge < -0.3 is 0 Å². The lowest BCUT2D eigenvalue weighted by atomic mass is 10.3. The van der Waals surface area contributed by atoms with E-state index < -0.39 is 10.3 Å². The monoisotopic (exact) mass is 248 g/mol. The summed E-state index contributed by atoms with van der Waals surface area (Å²) in [5.41, 5.74) is 1.81. The minimum Gasteiger partial charge on any atom is -0.274 e. The number of hydrogen-bond acceptors (Lipinski definition) is 5. The highest BCUT2D eigenvalue weighted by Gasteiger charge is 1.96. The first kappa shape index (κ1) is 11.9. The molecule has 0 saturated carbocycles. The van der Waals surface area contributed by atoms with Crippen LogP contribution in [0.5, 0.6) is 0 Å². The minimum atomic E-state index is -4.17. The number of para-hydroxylation sites is 1. The lowest BCUT2D eigenvalue weighted by molar-refractivity contribution is 0.485. The standard InChI is InChI=1S/C6H5N3S.H3NO3S/c10-9-6-4-2-1-3-5(6)7-8-9;1-5(2,3)4/h1-4,10H;(H3,1,2,3,4). The van der Waals surface area contributed by atoms with Gasteiger partial charge in [0.2, 0.25) is 0 Å². The quantitative estimate of drug-likeness (QED) is 0.444. The normalized spacial score (nSPS) is 10.9. The number of aromatic nitrogens is 3. The molecular weight excluding hydrogens is 240 g/mol. The molecule has 0 aliphatic heterocycles. The number of nitrogens with two attached hydrogens (primary N) is 1. The van der Waals surface area contributed by atoms with Crippen LogP contribution < -0.4 is 5.14 Å². The van der Waals surface area contributed by atoms with Crippen molar-refractivity contribution < 1.29 is 13.0 Å². The molecule has 0 spiro atoms. The van der Waals surface area contributed by atoms with Crippen LogP contribution in [0.2, 0.25) is 0 Å². The van der Waals surface area contributed by atoms with Crippen molar-refractivity contribution in [2.45, 2.75) is 0 Å². The molecule has 2 rings (SSSR count). The maximum absolute atomic E-state index is 8.97. The molecule has 82 valence electrons. The van der Waals surface area contributed by atoms with Gasteiger partial charge in [-0.05, 0) is 24.9 Å². The summed E-state index contributed by atoms with van der Waals surface area (Å²) in [6.07, 6.45) is 0. The fourth-order valence-electron chi connectivity index (χ4n) is 0.857. The Bertz CT molecular complexity index is 542. The second kappa shape index (κ2) is 4.57. The first-order valence-corrected chi connectivity index (χ1v) is 5.53. The summed E-state index contributed by atoms with van der Waals surface area (Å²) in [6, 6.07) is 7.67. The van der Waals surface area contributed by atoms with Crippen molar-refractivity contribution in [3.05, 3.63) is 24.3 Å². The molecule has 0 aliphatic carbocycles. The Kier molecular flexibility index (Phi) is 3.63. The summed E-state index contributed by atoms with van der Waals surface area (Å²) in [6.45, 7) is 0. The molecule has 1 heterocycles. The maximum Gasteiger partial charge on any atom is 0.330 e. The second-order valence-electron chi connectivity index (χ2n) is 2.48. The molecule has 1 aromatic heterocycles. The van der Waals surface area contributed by atoms with E-state index >= 15 is 0 Å². The second-order valence-corrected chi connectivity index (χ2v) is 3.89. The highest BCUT2D eigenvalue weighted by molar-refractivity contribution is 7.83. The zero-order valence-corrected chi connectivity index (χ0v) is 9.06. The molecule has 0 amide bonds. The summed E-state index contributed by atoms with van der Waals surface area (Å²) in [5, 5.41) is 11.5. The van der Waals surface area contributed by atoms with E-state index in [2.05, 4.69) is 28.3 Å². The molecule has 0 fully saturated rings. The number of benzene rings is 1. The van der Waals surface area contributed by atoms with Crippen LogP contribution in [0.25, 0.3) is 11.0 Å². The molecule has 0 unspecified atom stereocenters. The van der Waals surface area contributed by atoms with Gasteiger partial charge in [0.25, 0.3) is 0 Å². The first-order chi connectivity index (χ1) is 6.88. The number of hydrogen-bond donors (Lipinski definition) is 3. The Morgan fingerprint density at radius 2 is 1.93 bits per heavy atom. The van der Waals surface area contributed by atoms with E-state index in [1.165, 1.54) is 4.09 Å². The van der Waals surface area contributed by atoms with Crippen molar-refractivity contribution in [1.29, 1.82) is 0 Å². The summed E-state index contributed by atoms with van der Waals surface area (Å²) in [5.74, 6) is 0. The molecule has 0 radical (unpaired) electrons. The highest BCUT2D eigenvalue weighted by atomic mass is 32.2. The van der Waals surface area contributed by atoms with Gasteiger partial charge in [0, 0.05) is 0 Å². The van der Waals surface area contributed by atoms with Crippen molar-refractivity contribution in [3.63, 3.8) is 0 Å². The van der Waals surface area contributed by atoms with E-state index in [1.54, 1.807) is 0 Å². The topological polar surface area (TPSA) is 111 Å². The van der Waals surface area contributed by atoms with Gasteiger partial charge in [0.1, 0.15) is 11.0 Å². The summed E-state index contributed by atoms with van der Waals surface area (Å²) in [4.78, 5) is 0. The van der Waals surface area contributed by atoms with Crippen molar-refractivity contribution in [3.8, 4) is 0 Å². The van der Waals surface area contributed by atoms with Gasteiger partial charge in [-0.15, -0.1) is 5.10 Å². The molecule has 0 aliphatic rings. The zero-order valence-electron chi connectivity index (χ0n) is 7.35. The van der Waals surface area contributed by atoms with Gasteiger partial charge >= 0.3 is 10.3 Å². The van der Waals surface area contributed by atoms with Crippen molar-refractivity contribution in [1.82, 2.24) is 14.4 Å². The van der Waals surface area contributed by atoms with Crippen LogP contribution in [0.3, 0.4) is 0 Å². The summed E-state index contributed by atoms with van der Waals surface area (Å²) < 4.78 is 26.7. The third-order valence-electron chi connectivity index (χ3n) is 1.33. The molecule has 3 N–H and O–H groups in total. The van der Waals surface area contributed by atoms with Gasteiger partial charge in [0.05, 0.1) is 0 Å². The van der Waals surface area contributed by atoms with Gasteiger partial charge in [-0.3, -0.25) is 4.55 Å². The Hall–Kier alpha value is -1.16. The van der Waals surface area contributed by atoms with E-state index in [0.717, 1.165) is 11.0 Å². The number of rotatable bonds is 0. The fourth-order valence-corrected chi connectivity index (χ4v) is 1.07. The van der Waals surface area contributed by atoms with Crippen LogP contribution in [0.15, 0.2) is 24.3 Å². The van der Waals surface area contributed by atoms with Crippen LogP contribution in [-0.4, -0.2) is 27.4 Å². The molecule has 15 heavy (non-hydrogen) atoms. The molecule has 2 aromatic rings. The van der Waals surface area contributed by atoms with Gasteiger partial charge in [0.15, 0.2) is 0 Å². The number of thiol groups is 1. The van der Waals surface area contributed by atoms with E-state index in [0.29, 0.717) is 0 Å². The average molecular weight is 248 g/mol. The Balaban J connectivity index is 0.000000195. The summed E-state index contributed by atoms with van der Waals surface area (Å²) >= 11 is 4.04. The van der Waals surface area contributed by atoms with Gasteiger partial charge in [-0.2, -0.15) is 12.5 Å². The SMILES string of the molecule is NS(=O)(=O)O.Sn1nnc2ccccc21. The van der Waals surface area contributed by atoms with Crippen LogP contribution in [0.1, 0.15) is 0 Å². The van der Waals surface area contributed by atoms with E-state index in [1.807, 2.05) is 24.3 Å². The Morgan fingerprint density at radius 3 is 2.47 bits per heavy atom. The molecule has 0 atom stereocenters. The number of fused-ring (bicyclic) bond motifs is 1. The third-order valence-corrected chi connectivity index (χ3v) is 1.63. The average Bonchev–Trinajstić information content (AvgIpc) is 2.46. The fraction of sp³-hybridized carbons (Fsp3) is 0. The van der Waals surface area contributed by atoms with E-state index in [9.17, 15) is 0 Å². The van der Waals surface area contributed by atoms with Crippen LogP contribution in [-0.2, 0) is 10.3 Å². The van der Waals surface area contributed by atoms with Crippen molar-refractivity contribution in [2.24, 2.45) is 5.14 Å². The molecule has 7 nitrogen and oxygen atoms in total. The molecule has 0 bridgehead atoms. The van der Waals surface area contributed by atoms with Crippen LogP contribution >= 0.6 is 12.8 Å². The Labute approximate surface area is 91.3 Å². The largest absolute Gasteiger partial charge is 0.330 e. The minimum absolute atomic E-state index is 0.873. The van der Waals surface area contributed by atoms with Gasteiger partial charge in [-0.1, -0.05) is 17.3 Å². The highest BCUT2D eigenvalue weighted by Crippen LogP contribution is 2.09. The molecular formula is C6H8N4O3S2. The summed E-state index contributed by atoms with van der Waals surface area (Å²) in [7, 11) is -4.17. The van der Waals surface area contributed by atoms with Crippen molar-refractivity contribution in [2.75, 3.05) is 0 Å². The van der Waals surface area contributed by atoms with Crippen molar-refractivity contribution >= 4 is 34.2 Å². The molecule has 9 heteroatoms.